The van der Waals surface area contributed by atoms with E-state index in [4.69, 9.17) is 4.74 Å². The van der Waals surface area contributed by atoms with Crippen molar-refractivity contribution in [3.63, 3.8) is 0 Å². The number of aromatic nitrogens is 2. The fourth-order valence-corrected chi connectivity index (χ4v) is 3.24. The number of ether oxygens (including phenoxy) is 2. The predicted octanol–water partition coefficient (Wildman–Crippen LogP) is 3.23. The number of nitrogens with one attached hydrogen (secondary N) is 2. The van der Waals surface area contributed by atoms with Crippen LogP contribution in [-0.4, -0.2) is 48.5 Å². The lowest BCUT2D eigenvalue weighted by molar-refractivity contribution is -0.274. The Morgan fingerprint density at radius 3 is 2.65 bits per heavy atom. The van der Waals surface area contributed by atoms with E-state index in [0.717, 1.165) is 12.1 Å². The minimum atomic E-state index is -4.75. The Morgan fingerprint density at radius 2 is 2.00 bits per heavy atom. The number of benzene rings is 1. The second-order valence-corrected chi connectivity index (χ2v) is 6.90. The summed E-state index contributed by atoms with van der Waals surface area (Å²) in [6, 6.07) is 4.90. The van der Waals surface area contributed by atoms with Gasteiger partial charge in [-0.2, -0.15) is 0 Å². The van der Waals surface area contributed by atoms with Gasteiger partial charge < -0.3 is 20.1 Å². The van der Waals surface area contributed by atoms with Crippen LogP contribution in [0.4, 0.5) is 24.0 Å². The number of amides is 1. The molecule has 0 unspecified atom stereocenters. The van der Waals surface area contributed by atoms with E-state index in [2.05, 4.69) is 25.6 Å². The van der Waals surface area contributed by atoms with Crippen LogP contribution < -0.4 is 15.4 Å². The number of thioether (sulfide) groups is 1. The maximum Gasteiger partial charge on any atom is 0.573 e. The van der Waals surface area contributed by atoms with Crippen LogP contribution in [0.1, 0.15) is 0 Å². The molecule has 0 atom stereocenters. The van der Waals surface area contributed by atoms with Crippen LogP contribution in [-0.2, 0) is 9.53 Å². The number of hydrogen-bond donors (Lipinski definition) is 2. The zero-order valence-corrected chi connectivity index (χ0v) is 15.1. The first-order chi connectivity index (χ1) is 12.4. The van der Waals surface area contributed by atoms with Crippen LogP contribution in [0.2, 0.25) is 0 Å². The number of carbonyl (C=O) groups is 1. The Balaban J connectivity index is 1.76. The summed E-state index contributed by atoms with van der Waals surface area (Å²) in [5, 5.41) is 14.1. The Morgan fingerprint density at radius 1 is 1.27 bits per heavy atom. The largest absolute Gasteiger partial charge is 0.573 e. The first-order valence-corrected chi connectivity index (χ1v) is 9.01. The van der Waals surface area contributed by atoms with E-state index in [1.54, 1.807) is 7.11 Å². The van der Waals surface area contributed by atoms with Crippen molar-refractivity contribution in [2.45, 2.75) is 10.7 Å². The number of carbonyl (C=O) groups excluding carboxylic acids is 1. The highest BCUT2D eigenvalue weighted by atomic mass is 32.2. The van der Waals surface area contributed by atoms with E-state index in [1.807, 2.05) is 0 Å². The summed E-state index contributed by atoms with van der Waals surface area (Å²) < 4.78 is 45.5. The third-order valence-corrected chi connectivity index (χ3v) is 4.70. The molecule has 1 aromatic carbocycles. The molecule has 1 heterocycles. The topological polar surface area (TPSA) is 85.4 Å². The molecule has 0 spiro atoms. The monoisotopic (exact) mass is 408 g/mol. The number of hydrogen-bond acceptors (Lipinski definition) is 8. The minimum absolute atomic E-state index is 0.0908. The van der Waals surface area contributed by atoms with Crippen molar-refractivity contribution in [1.29, 1.82) is 0 Å². The third-order valence-electron chi connectivity index (χ3n) is 2.69. The molecular formula is C14H15F3N4O3S2. The zero-order valence-electron chi connectivity index (χ0n) is 13.5. The summed E-state index contributed by atoms with van der Waals surface area (Å²) >= 11 is 2.52. The van der Waals surface area contributed by atoms with Crippen LogP contribution >= 0.6 is 23.1 Å². The Hall–Kier alpha value is -2.05. The standard InChI is InChI=1S/C14H15F3N4O3S2/c1-23-7-6-18-12-20-21-13(26-12)25-8-11(22)19-9-2-4-10(5-3-9)24-14(15,16)17/h2-5H,6-8H2,1H3,(H,18,20)(H,19,22). The fraction of sp³-hybridized carbons (Fsp3) is 0.357. The van der Waals surface area contributed by atoms with Gasteiger partial charge in [0.05, 0.1) is 12.4 Å². The van der Waals surface area contributed by atoms with E-state index in [0.29, 0.717) is 28.3 Å². The maximum atomic E-state index is 12.1. The molecule has 12 heteroatoms. The molecule has 142 valence electrons. The first kappa shape index (κ1) is 20.3. The smallest absolute Gasteiger partial charge is 0.406 e. The molecule has 0 aliphatic heterocycles. The molecule has 0 fully saturated rings. The lowest BCUT2D eigenvalue weighted by Gasteiger charge is -2.09. The maximum absolute atomic E-state index is 12.1. The highest BCUT2D eigenvalue weighted by Crippen LogP contribution is 2.26. The Labute approximate surface area is 155 Å². The van der Waals surface area contributed by atoms with Crippen molar-refractivity contribution in [3.8, 4) is 5.75 Å². The minimum Gasteiger partial charge on any atom is -0.406 e. The number of alkyl halides is 3. The highest BCUT2D eigenvalue weighted by Gasteiger charge is 2.30. The van der Waals surface area contributed by atoms with Crippen molar-refractivity contribution < 1.29 is 27.4 Å². The van der Waals surface area contributed by atoms with E-state index in [-0.39, 0.29) is 17.4 Å². The van der Waals surface area contributed by atoms with Gasteiger partial charge in [0.1, 0.15) is 5.75 Å². The van der Waals surface area contributed by atoms with Gasteiger partial charge in [-0.05, 0) is 24.3 Å². The van der Waals surface area contributed by atoms with Gasteiger partial charge in [0.25, 0.3) is 0 Å². The van der Waals surface area contributed by atoms with E-state index < -0.39 is 6.36 Å². The summed E-state index contributed by atoms with van der Waals surface area (Å²) in [6.45, 7) is 1.14. The molecule has 2 rings (SSSR count). The van der Waals surface area contributed by atoms with Crippen molar-refractivity contribution in [1.82, 2.24) is 10.2 Å². The lowest BCUT2D eigenvalue weighted by atomic mass is 10.3. The van der Waals surface area contributed by atoms with Gasteiger partial charge in [-0.25, -0.2) is 0 Å². The number of methoxy groups -OCH3 is 1. The molecule has 2 aromatic rings. The quantitative estimate of drug-likeness (QED) is 0.487. The molecule has 0 radical (unpaired) electrons. The van der Waals surface area contributed by atoms with Crippen LogP contribution in [0, 0.1) is 0 Å². The van der Waals surface area contributed by atoms with Crippen molar-refractivity contribution in [3.05, 3.63) is 24.3 Å². The molecule has 1 amide bonds. The average Bonchev–Trinajstić information content (AvgIpc) is 3.02. The molecule has 7 nitrogen and oxygen atoms in total. The number of rotatable bonds is 9. The second kappa shape index (κ2) is 9.59. The number of halogens is 3. The number of anilines is 2. The van der Waals surface area contributed by atoms with Crippen molar-refractivity contribution >= 4 is 39.8 Å². The van der Waals surface area contributed by atoms with Gasteiger partial charge in [0.15, 0.2) is 4.34 Å². The molecular weight excluding hydrogens is 393 g/mol. The Kier molecular flexibility index (Phi) is 7.48. The highest BCUT2D eigenvalue weighted by molar-refractivity contribution is 8.01. The van der Waals surface area contributed by atoms with Crippen LogP contribution in [0.5, 0.6) is 5.75 Å². The van der Waals surface area contributed by atoms with Gasteiger partial charge in [0.2, 0.25) is 11.0 Å². The van der Waals surface area contributed by atoms with Gasteiger partial charge >= 0.3 is 6.36 Å². The third kappa shape index (κ3) is 7.45. The van der Waals surface area contributed by atoms with Gasteiger partial charge in [-0.15, -0.1) is 23.4 Å². The predicted molar refractivity (Wildman–Crippen MR) is 92.8 cm³/mol. The molecule has 0 saturated carbocycles. The first-order valence-electron chi connectivity index (χ1n) is 7.20. The average molecular weight is 408 g/mol. The van der Waals surface area contributed by atoms with Gasteiger partial charge in [-0.3, -0.25) is 4.79 Å². The molecule has 1 aromatic heterocycles. The summed E-state index contributed by atoms with van der Waals surface area (Å²) in [6.07, 6.45) is -4.75. The summed E-state index contributed by atoms with van der Waals surface area (Å²) in [5.41, 5.74) is 0.365. The van der Waals surface area contributed by atoms with Crippen LogP contribution in [0.3, 0.4) is 0 Å². The molecule has 0 aliphatic carbocycles. The normalized spacial score (nSPS) is 11.2. The van der Waals surface area contributed by atoms with E-state index in [1.165, 1.54) is 35.2 Å². The molecule has 26 heavy (non-hydrogen) atoms. The molecule has 2 N–H and O–H groups in total. The molecule has 0 saturated heterocycles. The summed E-state index contributed by atoms with van der Waals surface area (Å²) in [7, 11) is 1.60. The van der Waals surface area contributed by atoms with E-state index in [9.17, 15) is 18.0 Å². The van der Waals surface area contributed by atoms with E-state index >= 15 is 0 Å². The Bertz CT molecular complexity index is 710. The van der Waals surface area contributed by atoms with Crippen molar-refractivity contribution in [2.24, 2.45) is 0 Å². The number of nitrogens with zero attached hydrogens (tertiary/aromatic N) is 2. The molecule has 0 bridgehead atoms. The SMILES string of the molecule is COCCNc1nnc(SCC(=O)Nc2ccc(OC(F)(F)F)cc2)s1. The lowest BCUT2D eigenvalue weighted by Crippen LogP contribution is -2.17. The zero-order chi connectivity index (χ0) is 19.0. The summed E-state index contributed by atoms with van der Waals surface area (Å²) in [4.78, 5) is 11.9. The van der Waals surface area contributed by atoms with Gasteiger partial charge in [-0.1, -0.05) is 23.1 Å². The van der Waals surface area contributed by atoms with Crippen LogP contribution in [0.25, 0.3) is 0 Å². The van der Waals surface area contributed by atoms with Gasteiger partial charge in [0, 0.05) is 19.3 Å². The van der Waals surface area contributed by atoms with Crippen LogP contribution in [0.15, 0.2) is 28.6 Å². The molecule has 0 aliphatic rings. The van der Waals surface area contributed by atoms with Crippen molar-refractivity contribution in [2.75, 3.05) is 36.6 Å². The summed E-state index contributed by atoms with van der Waals surface area (Å²) in [5.74, 6) is -0.580. The fourth-order valence-electron chi connectivity index (χ4n) is 1.66. The second-order valence-electron chi connectivity index (χ2n) is 4.70.